The molecule has 3 aromatic heterocycles. The number of thiophene rings is 1. The number of fused-ring (bicyclic) bond motifs is 8. The molecule has 0 amide bonds. The number of hydrogen-bond acceptors (Lipinski definition) is 5. The maximum Gasteiger partial charge on any atom is 0.137 e. The fourth-order valence-electron chi connectivity index (χ4n) is 7.73. The number of aromatic nitrogens is 2. The lowest BCUT2D eigenvalue weighted by atomic mass is 9.88. The van der Waals surface area contributed by atoms with Crippen LogP contribution < -0.4 is 14.5 Å². The zero-order valence-corrected chi connectivity index (χ0v) is 30.1. The average Bonchev–Trinajstić information content (AvgIpc) is 3.84. The van der Waals surface area contributed by atoms with Crippen LogP contribution in [0.4, 0.5) is 22.7 Å². The Kier molecular flexibility index (Phi) is 6.92. The molecule has 6 aromatic carbocycles. The van der Waals surface area contributed by atoms with E-state index < -0.39 is 0 Å². The van der Waals surface area contributed by atoms with Crippen LogP contribution in [0, 0.1) is 0 Å². The predicted molar refractivity (Wildman–Crippen MR) is 219 cm³/mol. The summed E-state index contributed by atoms with van der Waals surface area (Å²) in [7, 11) is 0. The summed E-state index contributed by atoms with van der Waals surface area (Å²) >= 11 is 1.86. The molecule has 6 heteroatoms. The summed E-state index contributed by atoms with van der Waals surface area (Å²) in [5.74, 6) is 2.47. The number of ether oxygens (including phenoxy) is 1. The summed E-state index contributed by atoms with van der Waals surface area (Å²) < 4.78 is 11.6. The molecule has 52 heavy (non-hydrogen) atoms. The van der Waals surface area contributed by atoms with Crippen molar-refractivity contribution in [2.24, 2.45) is 0 Å². The van der Waals surface area contributed by atoms with Crippen LogP contribution >= 0.6 is 11.3 Å². The van der Waals surface area contributed by atoms with Crippen LogP contribution in [-0.4, -0.2) is 16.2 Å². The Labute approximate surface area is 306 Å². The third-order valence-electron chi connectivity index (χ3n) is 10.3. The smallest absolute Gasteiger partial charge is 0.137 e. The molecule has 0 unspecified atom stereocenters. The van der Waals surface area contributed by atoms with E-state index in [0.717, 1.165) is 34.0 Å². The van der Waals surface area contributed by atoms with Gasteiger partial charge in [-0.2, -0.15) is 0 Å². The van der Waals surface area contributed by atoms with E-state index >= 15 is 0 Å². The SMILES string of the molecule is CC(C)(C)c1ccnc(-n2c3ccccc3c3ccc(Oc4cccc(N5CN(c6ccccc6)c6c5ccc5sc7ccccc7c65)c4)cc32)c1. The van der Waals surface area contributed by atoms with Gasteiger partial charge in [0, 0.05) is 60.6 Å². The van der Waals surface area contributed by atoms with Crippen molar-refractivity contribution >= 4 is 76.1 Å². The van der Waals surface area contributed by atoms with Crippen molar-refractivity contribution in [3.63, 3.8) is 0 Å². The molecule has 1 aliphatic rings. The normalized spacial score (nSPS) is 13.1. The highest BCUT2D eigenvalue weighted by atomic mass is 32.1. The van der Waals surface area contributed by atoms with Gasteiger partial charge in [-0.3, -0.25) is 4.57 Å². The molecular weight excluding hydrogens is 657 g/mol. The topological polar surface area (TPSA) is 33.5 Å². The number of rotatable bonds is 5. The van der Waals surface area contributed by atoms with E-state index in [0.29, 0.717) is 6.67 Å². The summed E-state index contributed by atoms with van der Waals surface area (Å²) in [6, 6.07) is 51.7. The van der Waals surface area contributed by atoms with E-state index in [-0.39, 0.29) is 5.41 Å². The van der Waals surface area contributed by atoms with E-state index in [1.807, 2.05) is 23.6 Å². The summed E-state index contributed by atoms with van der Waals surface area (Å²) in [6.07, 6.45) is 1.92. The minimum Gasteiger partial charge on any atom is -0.457 e. The highest BCUT2D eigenvalue weighted by Gasteiger charge is 2.31. The predicted octanol–water partition coefficient (Wildman–Crippen LogP) is 12.9. The van der Waals surface area contributed by atoms with Gasteiger partial charge in [-0.15, -0.1) is 11.3 Å². The Morgan fingerprint density at radius 3 is 2.21 bits per heavy atom. The largest absolute Gasteiger partial charge is 0.457 e. The van der Waals surface area contributed by atoms with Gasteiger partial charge in [0.25, 0.3) is 0 Å². The second kappa shape index (κ2) is 11.7. The van der Waals surface area contributed by atoms with Crippen molar-refractivity contribution in [1.29, 1.82) is 0 Å². The number of pyridine rings is 1. The first-order chi connectivity index (χ1) is 25.4. The van der Waals surface area contributed by atoms with Gasteiger partial charge in [-0.05, 0) is 83.8 Å². The molecule has 0 atom stereocenters. The second-order valence-electron chi connectivity index (χ2n) is 14.5. The van der Waals surface area contributed by atoms with Gasteiger partial charge in [0.05, 0.1) is 22.4 Å². The molecule has 10 rings (SSSR count). The second-order valence-corrected chi connectivity index (χ2v) is 15.6. The van der Waals surface area contributed by atoms with E-state index in [2.05, 4.69) is 175 Å². The van der Waals surface area contributed by atoms with Gasteiger partial charge >= 0.3 is 0 Å². The third kappa shape index (κ3) is 4.94. The zero-order chi connectivity index (χ0) is 35.0. The minimum atomic E-state index is 0.00716. The van der Waals surface area contributed by atoms with Crippen LogP contribution in [0.5, 0.6) is 11.5 Å². The molecule has 252 valence electrons. The summed E-state index contributed by atoms with van der Waals surface area (Å²) in [6.45, 7) is 7.41. The van der Waals surface area contributed by atoms with Crippen LogP contribution in [0.25, 0.3) is 47.8 Å². The maximum atomic E-state index is 6.69. The molecule has 0 N–H and O–H groups in total. The highest BCUT2D eigenvalue weighted by Crippen LogP contribution is 2.52. The number of benzene rings is 6. The maximum absolute atomic E-state index is 6.69. The van der Waals surface area contributed by atoms with E-state index in [1.54, 1.807) is 0 Å². The fourth-order valence-corrected chi connectivity index (χ4v) is 8.83. The highest BCUT2D eigenvalue weighted by molar-refractivity contribution is 7.26. The van der Waals surface area contributed by atoms with Gasteiger partial charge in [0.15, 0.2) is 0 Å². The van der Waals surface area contributed by atoms with E-state index in [4.69, 9.17) is 9.72 Å². The summed E-state index contributed by atoms with van der Waals surface area (Å²) in [5, 5.41) is 4.97. The van der Waals surface area contributed by atoms with Gasteiger partial charge in [0.2, 0.25) is 0 Å². The molecule has 0 spiro atoms. The van der Waals surface area contributed by atoms with Crippen molar-refractivity contribution in [2.45, 2.75) is 26.2 Å². The monoisotopic (exact) mass is 692 g/mol. The fraction of sp³-hybridized carbons (Fsp3) is 0.109. The first kappa shape index (κ1) is 30.7. The Hall–Kier alpha value is -6.11. The van der Waals surface area contributed by atoms with Crippen molar-refractivity contribution in [2.75, 3.05) is 16.5 Å². The van der Waals surface area contributed by atoms with Gasteiger partial charge in [-0.25, -0.2) is 4.98 Å². The third-order valence-corrected chi connectivity index (χ3v) is 11.4. The molecular formula is C46H36N4OS. The minimum absolute atomic E-state index is 0.00716. The Morgan fingerprint density at radius 1 is 0.596 bits per heavy atom. The number of anilines is 4. The lowest BCUT2D eigenvalue weighted by molar-refractivity contribution is 0.483. The number of hydrogen-bond donors (Lipinski definition) is 0. The molecule has 0 saturated heterocycles. The van der Waals surface area contributed by atoms with Crippen LogP contribution in [0.3, 0.4) is 0 Å². The standard InChI is InChI=1S/C46H36N4OS/c1-46(2,3)30-24-25-47-43(26-30)50-38-18-9-7-16-35(38)36-21-20-34(28-40(36)50)51-33-15-11-14-32(27-33)48-29-49(31-12-5-4-6-13-31)45-39(48)22-23-42-44(45)37-17-8-10-19-41(37)52-42/h4-28H,29H2,1-3H3. The molecule has 0 saturated carbocycles. The number of nitrogens with zero attached hydrogens (tertiary/aromatic N) is 4. The molecule has 0 fully saturated rings. The molecule has 9 aromatic rings. The molecule has 5 nitrogen and oxygen atoms in total. The summed E-state index contributed by atoms with van der Waals surface area (Å²) in [5.41, 5.74) is 8.12. The van der Waals surface area contributed by atoms with Crippen LogP contribution in [0.15, 0.2) is 152 Å². The van der Waals surface area contributed by atoms with E-state index in [9.17, 15) is 0 Å². The van der Waals surface area contributed by atoms with Crippen LogP contribution in [0.2, 0.25) is 0 Å². The lowest BCUT2D eigenvalue weighted by Crippen LogP contribution is -2.23. The average molecular weight is 693 g/mol. The summed E-state index contributed by atoms with van der Waals surface area (Å²) in [4.78, 5) is 9.70. The molecule has 0 aliphatic carbocycles. The lowest BCUT2D eigenvalue weighted by Gasteiger charge is -2.22. The van der Waals surface area contributed by atoms with Crippen molar-refractivity contribution in [3.8, 4) is 17.3 Å². The Balaban J connectivity index is 1.06. The van der Waals surface area contributed by atoms with Crippen LogP contribution in [-0.2, 0) is 5.41 Å². The Bertz CT molecular complexity index is 2810. The molecule has 0 radical (unpaired) electrons. The van der Waals surface area contributed by atoms with Gasteiger partial charge in [-0.1, -0.05) is 81.4 Å². The van der Waals surface area contributed by atoms with Crippen molar-refractivity contribution < 1.29 is 4.74 Å². The van der Waals surface area contributed by atoms with Crippen molar-refractivity contribution in [3.05, 3.63) is 157 Å². The van der Waals surface area contributed by atoms with Gasteiger partial charge in [0.1, 0.15) is 24.0 Å². The van der Waals surface area contributed by atoms with Crippen LogP contribution in [0.1, 0.15) is 26.3 Å². The zero-order valence-electron chi connectivity index (χ0n) is 29.2. The molecule has 1 aliphatic heterocycles. The first-order valence-electron chi connectivity index (χ1n) is 17.7. The van der Waals surface area contributed by atoms with Crippen molar-refractivity contribution in [1.82, 2.24) is 9.55 Å². The molecule has 4 heterocycles. The van der Waals surface area contributed by atoms with Gasteiger partial charge < -0.3 is 14.5 Å². The quantitative estimate of drug-likeness (QED) is 0.180. The van der Waals surface area contributed by atoms with E-state index in [1.165, 1.54) is 53.6 Å². The molecule has 0 bridgehead atoms. The number of para-hydroxylation sites is 2. The first-order valence-corrected chi connectivity index (χ1v) is 18.5. The Morgan fingerprint density at radius 2 is 1.35 bits per heavy atom.